The molecule has 0 saturated carbocycles. The second kappa shape index (κ2) is 8.54. The van der Waals surface area contributed by atoms with E-state index in [1.54, 1.807) is 11.3 Å². The van der Waals surface area contributed by atoms with E-state index in [1.165, 1.54) is 26.9 Å². The third-order valence-electron chi connectivity index (χ3n) is 4.94. The van der Waals surface area contributed by atoms with Gasteiger partial charge in [-0.1, -0.05) is 51.7 Å². The predicted octanol–water partition coefficient (Wildman–Crippen LogP) is 5.26. The molecule has 0 N–H and O–H groups in total. The molecule has 2 aromatic carbocycles. The molecule has 0 bridgehead atoms. The van der Waals surface area contributed by atoms with Crippen molar-refractivity contribution in [2.75, 3.05) is 31.2 Å². The van der Waals surface area contributed by atoms with Gasteiger partial charge in [-0.2, -0.15) is 12.1 Å². The largest absolute Gasteiger partial charge is 0.378 e. The minimum atomic E-state index is 0. The van der Waals surface area contributed by atoms with E-state index in [4.69, 9.17) is 4.74 Å². The topological polar surface area (TPSA) is 25.4 Å². The van der Waals surface area contributed by atoms with Crippen LogP contribution < -0.4 is 4.90 Å². The summed E-state index contributed by atoms with van der Waals surface area (Å²) in [6.07, 6.45) is 1.88. The van der Waals surface area contributed by atoms with Gasteiger partial charge in [-0.05, 0) is 34.7 Å². The Morgan fingerprint density at radius 1 is 1.00 bits per heavy atom. The van der Waals surface area contributed by atoms with E-state index >= 15 is 0 Å². The summed E-state index contributed by atoms with van der Waals surface area (Å²) in [5.74, 6) is 0. The molecule has 28 heavy (non-hydrogen) atoms. The zero-order valence-corrected chi connectivity index (χ0v) is 18.4. The summed E-state index contributed by atoms with van der Waals surface area (Å²) in [4.78, 5) is 9.32. The van der Waals surface area contributed by atoms with Crippen molar-refractivity contribution in [3.8, 4) is 21.0 Å². The van der Waals surface area contributed by atoms with Gasteiger partial charge in [0.1, 0.15) is 0 Å². The van der Waals surface area contributed by atoms with Gasteiger partial charge in [-0.25, -0.2) is 11.3 Å². The van der Waals surface area contributed by atoms with Gasteiger partial charge in [0.25, 0.3) is 0 Å². The number of morpholine rings is 1. The Morgan fingerprint density at radius 3 is 2.75 bits per heavy atom. The van der Waals surface area contributed by atoms with E-state index in [1.807, 2.05) is 6.20 Å². The van der Waals surface area contributed by atoms with Crippen molar-refractivity contribution < 1.29 is 24.8 Å². The number of thiophene rings is 1. The zero-order valence-electron chi connectivity index (χ0n) is 15.2. The number of pyridine rings is 1. The van der Waals surface area contributed by atoms with E-state index in [0.717, 1.165) is 36.9 Å². The maximum atomic E-state index is 5.47. The van der Waals surface area contributed by atoms with E-state index in [0.29, 0.717) is 0 Å². The Morgan fingerprint density at radius 2 is 1.86 bits per heavy atom. The molecule has 0 aliphatic carbocycles. The van der Waals surface area contributed by atoms with Crippen molar-refractivity contribution in [3.63, 3.8) is 0 Å². The third-order valence-corrected chi connectivity index (χ3v) is 6.03. The molecule has 3 heterocycles. The third kappa shape index (κ3) is 3.76. The average molecular weight is 564 g/mol. The molecule has 1 aliphatic rings. The van der Waals surface area contributed by atoms with Gasteiger partial charge in [0.05, 0.1) is 13.2 Å². The van der Waals surface area contributed by atoms with Crippen LogP contribution >= 0.6 is 11.3 Å². The van der Waals surface area contributed by atoms with E-state index < -0.39 is 0 Å². The SMILES string of the molecule is [Ir].[c-]1cc(-c2cccc(N3CCOCC3)c2)sc1-c1nccc2ccccc12. The van der Waals surface area contributed by atoms with Gasteiger partial charge in [0.15, 0.2) is 0 Å². The molecule has 1 radical (unpaired) electrons. The van der Waals surface area contributed by atoms with Crippen LogP contribution in [-0.2, 0) is 24.8 Å². The Labute approximate surface area is 182 Å². The minimum Gasteiger partial charge on any atom is -0.378 e. The van der Waals surface area contributed by atoms with Crippen molar-refractivity contribution in [1.82, 2.24) is 4.98 Å². The summed E-state index contributed by atoms with van der Waals surface area (Å²) in [6, 6.07) is 24.7. The smallest absolute Gasteiger partial charge is 0.0642 e. The minimum absolute atomic E-state index is 0. The standard InChI is InChI=1S/C23H19N2OS.Ir/c1-2-7-20-17(4-1)10-11-24-23(20)22-9-8-21(27-22)18-5-3-6-19(16-18)25-12-14-26-15-13-25;/h1-8,10-11,16H,12-15H2;/q-1;. The molecule has 5 rings (SSSR count). The number of benzene rings is 2. The van der Waals surface area contributed by atoms with Crippen LogP contribution in [0.25, 0.3) is 31.8 Å². The Balaban J connectivity index is 0.00000192. The van der Waals surface area contributed by atoms with Crippen LogP contribution in [0.2, 0.25) is 0 Å². The fraction of sp³-hybridized carbons (Fsp3) is 0.174. The summed E-state index contributed by atoms with van der Waals surface area (Å²) in [7, 11) is 0. The van der Waals surface area contributed by atoms with Crippen LogP contribution in [0.4, 0.5) is 5.69 Å². The summed E-state index contributed by atoms with van der Waals surface area (Å²) in [6.45, 7) is 3.50. The van der Waals surface area contributed by atoms with Gasteiger partial charge in [0.2, 0.25) is 0 Å². The van der Waals surface area contributed by atoms with Crippen LogP contribution in [0.5, 0.6) is 0 Å². The predicted molar refractivity (Wildman–Crippen MR) is 112 cm³/mol. The Hall–Kier alpha value is -2.04. The summed E-state index contributed by atoms with van der Waals surface area (Å²) in [5, 5.41) is 2.38. The molecule has 0 spiro atoms. The van der Waals surface area contributed by atoms with Crippen molar-refractivity contribution in [3.05, 3.63) is 72.9 Å². The number of anilines is 1. The molecule has 1 aliphatic heterocycles. The van der Waals surface area contributed by atoms with Gasteiger partial charge in [0, 0.05) is 45.1 Å². The molecule has 3 nitrogen and oxygen atoms in total. The van der Waals surface area contributed by atoms with Crippen LogP contribution in [0.15, 0.2) is 66.9 Å². The molecule has 2 aromatic heterocycles. The molecule has 0 atom stereocenters. The van der Waals surface area contributed by atoms with Gasteiger partial charge in [-0.15, -0.1) is 0 Å². The number of nitrogens with zero attached hydrogens (tertiary/aromatic N) is 2. The average Bonchev–Trinajstić information content (AvgIpc) is 3.24. The van der Waals surface area contributed by atoms with Crippen molar-refractivity contribution in [1.29, 1.82) is 0 Å². The molecule has 0 amide bonds. The quantitative estimate of drug-likeness (QED) is 0.318. The summed E-state index contributed by atoms with van der Waals surface area (Å²) < 4.78 is 5.47. The van der Waals surface area contributed by atoms with Gasteiger partial charge < -0.3 is 14.6 Å². The molecular formula is C23H19IrN2OS-. The fourth-order valence-electron chi connectivity index (χ4n) is 3.54. The maximum Gasteiger partial charge on any atom is 0.0642 e. The maximum absolute atomic E-state index is 5.47. The molecule has 4 aromatic rings. The van der Waals surface area contributed by atoms with Crippen molar-refractivity contribution in [2.45, 2.75) is 0 Å². The van der Waals surface area contributed by atoms with Crippen molar-refractivity contribution >= 4 is 27.8 Å². The second-order valence-electron chi connectivity index (χ2n) is 6.61. The number of fused-ring (bicyclic) bond motifs is 1. The molecular weight excluding hydrogens is 545 g/mol. The first-order valence-corrected chi connectivity index (χ1v) is 9.99. The first-order chi connectivity index (χ1) is 13.4. The molecule has 0 unspecified atom stereocenters. The van der Waals surface area contributed by atoms with Crippen molar-refractivity contribution in [2.24, 2.45) is 0 Å². The Kier molecular flexibility index (Phi) is 5.88. The van der Waals surface area contributed by atoms with Crippen LogP contribution in [0, 0.1) is 6.07 Å². The summed E-state index contributed by atoms with van der Waals surface area (Å²) >= 11 is 1.75. The van der Waals surface area contributed by atoms with E-state index in [9.17, 15) is 0 Å². The van der Waals surface area contributed by atoms with Crippen LogP contribution in [0.1, 0.15) is 0 Å². The first-order valence-electron chi connectivity index (χ1n) is 9.17. The molecule has 1 fully saturated rings. The molecule has 1 saturated heterocycles. The number of ether oxygens (including phenoxy) is 1. The number of rotatable bonds is 3. The first kappa shape index (κ1) is 19.3. The molecule has 143 valence electrons. The number of hydrogen-bond donors (Lipinski definition) is 0. The van der Waals surface area contributed by atoms with Gasteiger partial charge >= 0.3 is 0 Å². The zero-order chi connectivity index (χ0) is 18.1. The number of hydrogen-bond acceptors (Lipinski definition) is 4. The Bertz CT molecular complexity index is 1080. The van der Waals surface area contributed by atoms with E-state index in [-0.39, 0.29) is 20.1 Å². The fourth-order valence-corrected chi connectivity index (χ4v) is 4.50. The second-order valence-corrected chi connectivity index (χ2v) is 7.67. The van der Waals surface area contributed by atoms with Gasteiger partial charge in [-0.3, -0.25) is 0 Å². The van der Waals surface area contributed by atoms with Crippen LogP contribution in [-0.4, -0.2) is 31.3 Å². The number of aromatic nitrogens is 1. The normalized spacial score (nSPS) is 14.1. The monoisotopic (exact) mass is 564 g/mol. The molecule has 5 heteroatoms. The van der Waals surface area contributed by atoms with E-state index in [2.05, 4.69) is 76.6 Å². The summed E-state index contributed by atoms with van der Waals surface area (Å²) in [5.41, 5.74) is 3.49. The van der Waals surface area contributed by atoms with Crippen LogP contribution in [0.3, 0.4) is 0 Å².